The van der Waals surface area contributed by atoms with E-state index in [2.05, 4.69) is 47.6 Å². The Bertz CT molecular complexity index is 1030. The third-order valence-electron chi connectivity index (χ3n) is 14.0. The monoisotopic (exact) mass is 528 g/mol. The van der Waals surface area contributed by atoms with Gasteiger partial charge in [-0.2, -0.15) is 0 Å². The molecule has 0 aromatic rings. The Morgan fingerprint density at radius 2 is 1.63 bits per heavy atom. The number of hydrogen-bond acceptors (Lipinski definition) is 4. The van der Waals surface area contributed by atoms with Crippen LogP contribution >= 0.6 is 0 Å². The number of ether oxygens (including phenoxy) is 2. The first-order chi connectivity index (χ1) is 17.6. The number of fused-ring (bicyclic) bond motifs is 7. The topological polar surface area (TPSA) is 72.8 Å². The first-order valence-electron chi connectivity index (χ1n) is 15.3. The number of methoxy groups -OCH3 is 1. The van der Waals surface area contributed by atoms with Crippen molar-refractivity contribution in [3.05, 3.63) is 11.6 Å². The van der Waals surface area contributed by atoms with Crippen LogP contribution in [0, 0.1) is 56.7 Å². The molecule has 5 rings (SSSR count). The van der Waals surface area contributed by atoms with Crippen LogP contribution in [0.4, 0.5) is 0 Å². The lowest BCUT2D eigenvalue weighted by molar-refractivity contribution is -0.239. The number of rotatable bonds is 3. The summed E-state index contributed by atoms with van der Waals surface area (Å²) in [7, 11) is 1.85. The lowest BCUT2D eigenvalue weighted by Crippen LogP contribution is -2.69. The molecule has 0 saturated heterocycles. The molecule has 5 nitrogen and oxygen atoms in total. The smallest absolute Gasteiger partial charge is 0.313 e. The molecule has 0 radical (unpaired) electrons. The molecule has 0 unspecified atom stereocenters. The highest BCUT2D eigenvalue weighted by molar-refractivity contribution is 5.77. The van der Waals surface area contributed by atoms with Crippen LogP contribution < -0.4 is 0 Å². The molecular formula is C33H52O5. The summed E-state index contributed by atoms with van der Waals surface area (Å²) in [4.78, 5) is 25.0. The van der Waals surface area contributed by atoms with E-state index in [-0.39, 0.29) is 40.2 Å². The van der Waals surface area contributed by atoms with Crippen LogP contribution in [0.1, 0.15) is 107 Å². The van der Waals surface area contributed by atoms with Crippen LogP contribution in [0.5, 0.6) is 0 Å². The quantitative estimate of drug-likeness (QED) is 0.308. The zero-order chi connectivity index (χ0) is 28.1. The van der Waals surface area contributed by atoms with Gasteiger partial charge in [0.15, 0.2) is 0 Å². The van der Waals surface area contributed by atoms with Crippen molar-refractivity contribution in [1.29, 1.82) is 0 Å². The van der Waals surface area contributed by atoms with Gasteiger partial charge < -0.3 is 14.6 Å². The summed E-state index contributed by atoms with van der Waals surface area (Å²) in [6, 6.07) is 0. The van der Waals surface area contributed by atoms with Gasteiger partial charge in [-0.25, -0.2) is 0 Å². The average Bonchev–Trinajstić information content (AvgIpc) is 2.84. The number of aliphatic carboxylic acids is 1. The van der Waals surface area contributed by atoms with Gasteiger partial charge >= 0.3 is 11.9 Å². The van der Waals surface area contributed by atoms with Gasteiger partial charge in [0.1, 0.15) is 11.5 Å². The molecule has 0 amide bonds. The molecule has 0 aliphatic heterocycles. The molecule has 12 atom stereocenters. The molecule has 4 saturated carbocycles. The molecule has 38 heavy (non-hydrogen) atoms. The van der Waals surface area contributed by atoms with E-state index in [0.29, 0.717) is 23.7 Å². The maximum absolute atomic E-state index is 13.0. The molecule has 0 aromatic carbocycles. The van der Waals surface area contributed by atoms with Crippen molar-refractivity contribution in [3.8, 4) is 0 Å². The predicted molar refractivity (Wildman–Crippen MR) is 148 cm³/mol. The van der Waals surface area contributed by atoms with Crippen molar-refractivity contribution in [1.82, 2.24) is 0 Å². The molecule has 0 bridgehead atoms. The van der Waals surface area contributed by atoms with Crippen LogP contribution in [0.3, 0.4) is 0 Å². The number of allylic oxidation sites excluding steroid dienone is 1. The second-order valence-electron chi connectivity index (χ2n) is 15.4. The molecule has 0 spiro atoms. The van der Waals surface area contributed by atoms with Gasteiger partial charge in [0.25, 0.3) is 0 Å². The van der Waals surface area contributed by atoms with Crippen molar-refractivity contribution in [2.24, 2.45) is 56.7 Å². The minimum absolute atomic E-state index is 0.0123. The Labute approximate surface area is 230 Å². The summed E-state index contributed by atoms with van der Waals surface area (Å²) in [5.41, 5.74) is 0.744. The second-order valence-corrected chi connectivity index (χ2v) is 15.4. The normalized spacial score (nSPS) is 53.9. The molecular weight excluding hydrogens is 476 g/mol. The van der Waals surface area contributed by atoms with Crippen molar-refractivity contribution in [2.75, 3.05) is 7.11 Å². The van der Waals surface area contributed by atoms with Gasteiger partial charge in [0.05, 0.1) is 6.10 Å². The predicted octanol–water partition coefficient (Wildman–Crippen LogP) is 7.29. The Balaban J connectivity index is 1.64. The van der Waals surface area contributed by atoms with Crippen molar-refractivity contribution in [2.45, 2.75) is 119 Å². The first kappa shape index (κ1) is 28.2. The zero-order valence-corrected chi connectivity index (χ0v) is 25.4. The molecule has 5 aliphatic carbocycles. The average molecular weight is 529 g/mol. The number of esters is 1. The Morgan fingerprint density at radius 3 is 2.24 bits per heavy atom. The Morgan fingerprint density at radius 1 is 0.947 bits per heavy atom. The van der Waals surface area contributed by atoms with E-state index in [1.165, 1.54) is 32.6 Å². The van der Waals surface area contributed by atoms with E-state index in [1.807, 2.05) is 14.0 Å². The highest BCUT2D eigenvalue weighted by atomic mass is 16.5. The minimum atomic E-state index is -1.11. The number of hydrogen-bond donors (Lipinski definition) is 1. The Hall–Kier alpha value is -1.36. The van der Waals surface area contributed by atoms with E-state index in [4.69, 9.17) is 9.47 Å². The van der Waals surface area contributed by atoms with Gasteiger partial charge in [-0.15, -0.1) is 0 Å². The maximum Gasteiger partial charge on any atom is 0.313 e. The van der Waals surface area contributed by atoms with Crippen molar-refractivity contribution < 1.29 is 24.2 Å². The Kier molecular flexibility index (Phi) is 6.54. The minimum Gasteiger partial charge on any atom is -0.481 e. The van der Waals surface area contributed by atoms with Crippen LogP contribution in [-0.4, -0.2) is 36.4 Å². The molecule has 214 valence electrons. The molecule has 4 fully saturated rings. The standard InChI is InChI=1S/C33H52O5/c1-19-10-13-29(4)16-17-31(6)22(26(29)20(19)2)18-23(37-9)27-30(5)14-12-25(38-21(3)34)33(8,28(35)36)24(30)11-15-32(27,31)7/h18-20,23-27H,10-17H2,1-9H3,(H,35,36)/t19-,20+,23-,24-,25-,26+,27-,29-,30+,31-,32-,33-/m1/s1. The molecule has 5 heteroatoms. The van der Waals surface area contributed by atoms with Crippen LogP contribution in [0.15, 0.2) is 11.6 Å². The van der Waals surface area contributed by atoms with Gasteiger partial charge in [-0.05, 0) is 104 Å². The third kappa shape index (κ3) is 3.45. The summed E-state index contributed by atoms with van der Waals surface area (Å²) >= 11 is 0. The van der Waals surface area contributed by atoms with E-state index in [9.17, 15) is 14.7 Å². The fourth-order valence-electron chi connectivity index (χ4n) is 11.5. The fraction of sp³-hybridized carbons (Fsp3) is 0.879. The summed E-state index contributed by atoms with van der Waals surface area (Å²) in [5.74, 6) is 0.860. The highest BCUT2D eigenvalue weighted by Crippen LogP contribution is 2.76. The van der Waals surface area contributed by atoms with Crippen LogP contribution in [-0.2, 0) is 19.1 Å². The first-order valence-corrected chi connectivity index (χ1v) is 15.3. The largest absolute Gasteiger partial charge is 0.481 e. The number of carbonyl (C=O) groups excluding carboxylic acids is 1. The van der Waals surface area contributed by atoms with Crippen molar-refractivity contribution >= 4 is 11.9 Å². The molecule has 0 heterocycles. The van der Waals surface area contributed by atoms with Gasteiger partial charge in [-0.3, -0.25) is 9.59 Å². The second kappa shape index (κ2) is 8.82. The summed E-state index contributed by atoms with van der Waals surface area (Å²) in [6.45, 7) is 18.1. The zero-order valence-electron chi connectivity index (χ0n) is 25.4. The number of carbonyl (C=O) groups is 2. The van der Waals surface area contributed by atoms with Gasteiger partial charge in [-0.1, -0.05) is 53.2 Å². The third-order valence-corrected chi connectivity index (χ3v) is 14.0. The number of carboxylic acids is 1. The summed E-state index contributed by atoms with van der Waals surface area (Å²) in [5, 5.41) is 10.6. The van der Waals surface area contributed by atoms with Crippen LogP contribution in [0.2, 0.25) is 0 Å². The van der Waals surface area contributed by atoms with Crippen LogP contribution in [0.25, 0.3) is 0 Å². The number of carboxylic acid groups (broad SMARTS) is 1. The van der Waals surface area contributed by atoms with E-state index in [0.717, 1.165) is 25.2 Å². The van der Waals surface area contributed by atoms with E-state index in [1.54, 1.807) is 5.57 Å². The maximum atomic E-state index is 13.0. The summed E-state index contributed by atoms with van der Waals surface area (Å²) in [6.07, 6.45) is 10.3. The van der Waals surface area contributed by atoms with Gasteiger partial charge in [0.2, 0.25) is 0 Å². The summed E-state index contributed by atoms with van der Waals surface area (Å²) < 4.78 is 12.1. The SMILES string of the molecule is CO[C@@H]1C=C2[C@@H]3[C@@H](C)[C@H](C)CC[C@]3(C)CC[C@@]2(C)[C@]2(C)CC[C@@H]3[C@](C)(CC[C@@H](OC(C)=O)[C@]3(C)C(=O)O)[C@@H]12. The van der Waals surface area contributed by atoms with E-state index >= 15 is 0 Å². The van der Waals surface area contributed by atoms with E-state index < -0.39 is 17.5 Å². The van der Waals surface area contributed by atoms with Crippen molar-refractivity contribution in [3.63, 3.8) is 0 Å². The molecule has 5 aliphatic rings. The van der Waals surface area contributed by atoms with Gasteiger partial charge in [0, 0.05) is 20.0 Å². The molecule has 1 N–H and O–H groups in total. The lowest BCUT2D eigenvalue weighted by Gasteiger charge is -2.72. The fourth-order valence-corrected chi connectivity index (χ4v) is 11.5. The molecule has 0 aromatic heterocycles. The highest BCUT2D eigenvalue weighted by Gasteiger charge is 2.72. The lowest BCUT2D eigenvalue weighted by atomic mass is 9.33.